The first-order valence-electron chi connectivity index (χ1n) is 34.0. The van der Waals surface area contributed by atoms with Crippen molar-refractivity contribution in [3.63, 3.8) is 0 Å². The second-order valence-corrected chi connectivity index (χ2v) is 27.4. The predicted molar refractivity (Wildman–Crippen MR) is 429 cm³/mol. The van der Waals surface area contributed by atoms with Crippen molar-refractivity contribution in [3.05, 3.63) is 200 Å². The minimum absolute atomic E-state index is 0.232. The number of hydrogen-bond donors (Lipinski definition) is 12. The number of rotatable bonds is 17. The SMILES string of the molecule is CNc1cc(-c2c[nH]c3c(C)cc(C)cc23)nc2c(C(N)=O)cnn12.CNc1cc(-c2c[nH]c3c(C4CCOCC4)cc(Cl)cc23)nc2c(C(N)=O)cnn12.CNc1cc(Nc2cccc(-c3cnn(C)c3)c2Cl)nc2c(C(N)=O)cnn12.CNc1cc(Nc2cccc(-c3nccs3)c2Cl)nc2c(C(N)=O)cnn12. The highest BCUT2D eigenvalue weighted by atomic mass is 35.5. The maximum absolute atomic E-state index is 11.8. The van der Waals surface area contributed by atoms with Crippen LogP contribution in [0.3, 0.4) is 0 Å². The van der Waals surface area contributed by atoms with Gasteiger partial charge in [-0.15, -0.1) is 11.3 Å². The van der Waals surface area contributed by atoms with E-state index in [4.69, 9.17) is 67.5 Å². The summed E-state index contributed by atoms with van der Waals surface area (Å²) in [7, 11) is 8.94. The van der Waals surface area contributed by atoms with Crippen molar-refractivity contribution in [1.82, 2.24) is 83.1 Å². The van der Waals surface area contributed by atoms with Crippen LogP contribution in [-0.2, 0) is 11.8 Å². The van der Waals surface area contributed by atoms with Crippen LogP contribution in [0.1, 0.15) is 76.9 Å². The van der Waals surface area contributed by atoms with Crippen LogP contribution in [0.2, 0.25) is 15.1 Å². The first-order chi connectivity index (χ1) is 53.1. The van der Waals surface area contributed by atoms with Crippen molar-refractivity contribution in [2.75, 3.05) is 73.3 Å². The zero-order chi connectivity index (χ0) is 77.3. The summed E-state index contributed by atoms with van der Waals surface area (Å²) in [6.45, 7) is 5.66. The Kier molecular flexibility index (Phi) is 20.7. The number of aromatic nitrogens is 17. The number of nitrogens with two attached hydrogens (primary N) is 4. The van der Waals surface area contributed by atoms with E-state index in [-0.39, 0.29) is 16.7 Å². The molecule has 0 unspecified atom stereocenters. The average molecular weight is 1560 g/mol. The maximum Gasteiger partial charge on any atom is 0.254 e. The number of aromatic amines is 2. The smallest absolute Gasteiger partial charge is 0.254 e. The second-order valence-electron chi connectivity index (χ2n) is 25.3. The van der Waals surface area contributed by atoms with Gasteiger partial charge in [0, 0.05) is 158 Å². The molecule has 4 aromatic carbocycles. The number of amides is 4. The number of primary amides is 4. The number of thiazole rings is 1. The molecule has 110 heavy (non-hydrogen) atoms. The number of anilines is 8. The van der Waals surface area contributed by atoms with Crippen molar-refractivity contribution in [1.29, 1.82) is 0 Å². The van der Waals surface area contributed by atoms with Crippen molar-refractivity contribution in [2.24, 2.45) is 30.0 Å². The van der Waals surface area contributed by atoms with Gasteiger partial charge in [0.2, 0.25) is 0 Å². The molecule has 32 nitrogen and oxygen atoms in total. The monoisotopic (exact) mass is 1550 g/mol. The van der Waals surface area contributed by atoms with Crippen molar-refractivity contribution < 1.29 is 23.9 Å². The van der Waals surface area contributed by atoms with Gasteiger partial charge in [-0.25, -0.2) is 24.9 Å². The lowest BCUT2D eigenvalue weighted by atomic mass is 9.90. The Hall–Kier alpha value is -13.2. The second kappa shape index (κ2) is 30.9. The number of carbonyl (C=O) groups excluding carboxylic acids is 4. The standard InChI is InChI=1S/C21H21ClN6O2.C18H17ClN8O.C18H18N6O.C17H14ClN7OS/c1-24-18-8-17(27-21-16(20(23)29)10-26-28(18)21)15-9-25-19-13(6-12(22)7-14(15)19)11-2-4-30-5-3-11;1-21-15-6-14(25-18-12(17(20)28)8-23-27(15)18)24-13-5-3-4-11(16(13)19)10-7-22-26(2)9-10;1-9-4-10(2)16-11(5-9)12(7-21-16)14-6-15(20-3)24-18(23-14)13(8-22-24)17(19)25;1-20-13-7-12(24-16-10(15(19)26)8-22-25(13)16)23-11-4-2-3-9(14(11)18)17-21-5-6-27-17/h6-11,24-25H,2-5H2,1H3,(H2,23,29);3-9,21H,1-2H3,(H2,20,28)(H,24,25);4-8,20-21H,1-3H3,(H2,19,25);2-8,20H,1H3,(H2,19,26)(H,23,24). The lowest BCUT2D eigenvalue weighted by Crippen LogP contribution is -2.14. The molecular weight excluding hydrogens is 1490 g/mol. The van der Waals surface area contributed by atoms with Crippen LogP contribution in [0, 0.1) is 13.8 Å². The molecule has 558 valence electrons. The van der Waals surface area contributed by atoms with E-state index in [1.165, 1.54) is 61.8 Å². The van der Waals surface area contributed by atoms with E-state index in [0.717, 1.165) is 92.2 Å². The first kappa shape index (κ1) is 73.7. The topological polar surface area (TPSA) is 437 Å². The molecule has 1 saturated heterocycles. The fraction of sp³-hybridized carbons (Fsp3) is 0.162. The molecule has 0 bridgehead atoms. The Morgan fingerprint density at radius 1 is 0.536 bits per heavy atom. The number of H-pyrrole nitrogens is 2. The molecule has 36 heteroatoms. The molecule has 1 aliphatic rings. The molecule has 0 aliphatic carbocycles. The summed E-state index contributed by atoms with van der Waals surface area (Å²) in [4.78, 5) is 76.2. The van der Waals surface area contributed by atoms with E-state index in [1.807, 2.05) is 91.7 Å². The van der Waals surface area contributed by atoms with E-state index < -0.39 is 23.6 Å². The lowest BCUT2D eigenvalue weighted by molar-refractivity contribution is 0.0855. The zero-order valence-electron chi connectivity index (χ0n) is 59.9. The zero-order valence-corrected chi connectivity index (χ0v) is 62.9. The van der Waals surface area contributed by atoms with Gasteiger partial charge >= 0.3 is 0 Å². The third-order valence-electron chi connectivity index (χ3n) is 18.3. The molecular formula is C74H70Cl3N27O5S. The molecule has 4 amide bonds. The van der Waals surface area contributed by atoms with Crippen molar-refractivity contribution in [3.8, 4) is 44.2 Å². The number of hydrogen-bond acceptors (Lipinski definition) is 22. The summed E-state index contributed by atoms with van der Waals surface area (Å²) in [5.74, 6) is 1.77. The highest BCUT2D eigenvalue weighted by molar-refractivity contribution is 7.13. The number of nitrogens with zero attached hydrogens (tertiary/aromatic N) is 15. The van der Waals surface area contributed by atoms with Crippen LogP contribution in [0.4, 0.5) is 46.3 Å². The number of fused-ring (bicyclic) bond motifs is 6. The largest absolute Gasteiger partial charge is 0.381 e. The van der Waals surface area contributed by atoms with Crippen LogP contribution < -0.4 is 54.8 Å². The summed E-state index contributed by atoms with van der Waals surface area (Å²) in [6.07, 6.45) is 16.8. The quantitative estimate of drug-likeness (QED) is 0.0403. The molecule has 0 spiro atoms. The van der Waals surface area contributed by atoms with Gasteiger partial charge in [0.05, 0.1) is 63.8 Å². The Morgan fingerprint density at radius 2 is 0.991 bits per heavy atom. The molecule has 17 rings (SSSR count). The van der Waals surface area contributed by atoms with Crippen LogP contribution in [-0.4, -0.2) is 148 Å². The number of halogens is 3. The van der Waals surface area contributed by atoms with E-state index in [0.29, 0.717) is 95.3 Å². The minimum Gasteiger partial charge on any atom is -0.381 e. The number of nitrogens with one attached hydrogen (secondary N) is 8. The van der Waals surface area contributed by atoms with Gasteiger partial charge in [0.1, 0.15) is 62.2 Å². The fourth-order valence-corrected chi connectivity index (χ4v) is 14.6. The number of aryl methyl sites for hydroxylation is 3. The Morgan fingerprint density at radius 3 is 1.45 bits per heavy atom. The number of ether oxygens (including phenoxy) is 1. The Labute approximate surface area is 643 Å². The van der Waals surface area contributed by atoms with Gasteiger partial charge in [0.15, 0.2) is 22.6 Å². The van der Waals surface area contributed by atoms with Gasteiger partial charge in [-0.1, -0.05) is 70.7 Å². The molecule has 0 saturated carbocycles. The highest BCUT2D eigenvalue weighted by Gasteiger charge is 2.25. The summed E-state index contributed by atoms with van der Waals surface area (Å²) in [6, 6.07) is 26.9. The van der Waals surface area contributed by atoms with Crippen LogP contribution in [0.25, 0.3) is 88.6 Å². The van der Waals surface area contributed by atoms with Crippen LogP contribution >= 0.6 is 46.1 Å². The van der Waals surface area contributed by atoms with E-state index in [2.05, 4.69) is 113 Å². The summed E-state index contributed by atoms with van der Waals surface area (Å²) < 4.78 is 13.4. The van der Waals surface area contributed by atoms with Crippen molar-refractivity contribution in [2.45, 2.75) is 32.6 Å². The molecule has 0 radical (unpaired) electrons. The van der Waals surface area contributed by atoms with Crippen molar-refractivity contribution >= 4 is 160 Å². The Bertz CT molecular complexity index is 6250. The van der Waals surface area contributed by atoms with Gasteiger partial charge in [-0.05, 0) is 74.1 Å². The fourth-order valence-electron chi connectivity index (χ4n) is 13.1. The minimum atomic E-state index is -0.599. The molecule has 1 fully saturated rings. The van der Waals surface area contributed by atoms with Gasteiger partial charge in [-0.3, -0.25) is 23.9 Å². The normalized spacial score (nSPS) is 12.2. The van der Waals surface area contributed by atoms with Gasteiger partial charge in [0.25, 0.3) is 23.6 Å². The molecule has 1 aliphatic heterocycles. The number of carbonyl (C=O) groups is 4. The molecule has 12 aromatic heterocycles. The van der Waals surface area contributed by atoms with Gasteiger partial charge < -0.3 is 69.5 Å². The summed E-state index contributed by atoms with van der Waals surface area (Å²) in [5, 5.41) is 46.2. The third kappa shape index (κ3) is 14.4. The Balaban J connectivity index is 0.000000123. The van der Waals surface area contributed by atoms with E-state index in [9.17, 15) is 19.2 Å². The predicted octanol–water partition coefficient (Wildman–Crippen LogP) is 12.3. The maximum atomic E-state index is 11.8. The van der Waals surface area contributed by atoms with E-state index >= 15 is 0 Å². The van der Waals surface area contributed by atoms with E-state index in [1.54, 1.807) is 66.4 Å². The molecule has 13 heterocycles. The lowest BCUT2D eigenvalue weighted by Gasteiger charge is -2.23. The summed E-state index contributed by atoms with van der Waals surface area (Å²) in [5.41, 5.74) is 37.3. The average Bonchev–Trinajstić information content (AvgIpc) is 1.60. The first-order valence-corrected chi connectivity index (χ1v) is 36.1. The molecule has 0 atom stereocenters. The highest BCUT2D eigenvalue weighted by Crippen LogP contribution is 2.42. The molecule has 16 N–H and O–H groups in total. The molecule has 16 aromatic rings. The van der Waals surface area contributed by atoms with Crippen LogP contribution in [0.15, 0.2) is 146 Å². The third-order valence-corrected chi connectivity index (χ3v) is 20.1. The number of benzene rings is 4. The van der Waals surface area contributed by atoms with Crippen LogP contribution in [0.5, 0.6) is 0 Å². The van der Waals surface area contributed by atoms with Gasteiger partial charge in [-0.2, -0.15) is 43.6 Å². The summed E-state index contributed by atoms with van der Waals surface area (Å²) >= 11 is 21.2.